The lowest BCUT2D eigenvalue weighted by Gasteiger charge is -2.14. The fourth-order valence-corrected chi connectivity index (χ4v) is 2.23. The number of nitrogens with zero attached hydrogens (tertiary/aromatic N) is 4. The summed E-state index contributed by atoms with van der Waals surface area (Å²) in [5.74, 6) is 0.168. The highest BCUT2D eigenvalue weighted by Gasteiger charge is 2.32. The van der Waals surface area contributed by atoms with Crippen LogP contribution in [0.3, 0.4) is 0 Å². The molecular formula is C17H16F3IN6O. The summed E-state index contributed by atoms with van der Waals surface area (Å²) >= 11 is 0. The van der Waals surface area contributed by atoms with Gasteiger partial charge in [-0.05, 0) is 35.9 Å². The number of nitrogens with two attached hydrogens (primary N) is 1. The fourth-order valence-electron chi connectivity index (χ4n) is 2.23. The van der Waals surface area contributed by atoms with Crippen molar-refractivity contribution in [3.63, 3.8) is 0 Å². The van der Waals surface area contributed by atoms with Crippen LogP contribution in [0.2, 0.25) is 0 Å². The lowest BCUT2D eigenvalue weighted by atomic mass is 10.2. The molecule has 0 fully saturated rings. The highest BCUT2D eigenvalue weighted by Crippen LogP contribution is 2.29. The van der Waals surface area contributed by atoms with E-state index in [0.29, 0.717) is 5.82 Å². The number of nitrogens with one attached hydrogen (secondary N) is 1. The molecule has 2 aromatic heterocycles. The largest absolute Gasteiger partial charge is 0.573 e. The van der Waals surface area contributed by atoms with Gasteiger partial charge in [0.15, 0.2) is 17.5 Å². The number of alkyl halides is 3. The third kappa shape index (κ3) is 6.11. The second-order valence-corrected chi connectivity index (χ2v) is 5.34. The van der Waals surface area contributed by atoms with Crippen LogP contribution in [0, 0.1) is 0 Å². The third-order valence-electron chi connectivity index (χ3n) is 3.36. The number of aliphatic imine (C=N–C) groups is 1. The van der Waals surface area contributed by atoms with Crippen LogP contribution < -0.4 is 15.8 Å². The average Bonchev–Trinajstić information content (AvgIpc) is 3.15. The molecule has 0 aliphatic carbocycles. The van der Waals surface area contributed by atoms with Crippen LogP contribution in [-0.2, 0) is 6.54 Å². The fraction of sp³-hybridized carbons (Fsp3) is 0.118. The van der Waals surface area contributed by atoms with Crippen molar-refractivity contribution < 1.29 is 17.9 Å². The molecule has 7 nitrogen and oxygen atoms in total. The lowest BCUT2D eigenvalue weighted by Crippen LogP contribution is -2.24. The van der Waals surface area contributed by atoms with Gasteiger partial charge in [0.2, 0.25) is 0 Å². The number of hydrogen-bond donors (Lipinski definition) is 2. The molecule has 0 unspecified atom stereocenters. The van der Waals surface area contributed by atoms with Crippen molar-refractivity contribution in [2.24, 2.45) is 10.7 Å². The predicted molar refractivity (Wildman–Crippen MR) is 109 cm³/mol. The summed E-state index contributed by atoms with van der Waals surface area (Å²) in [7, 11) is 0. The summed E-state index contributed by atoms with van der Waals surface area (Å²) < 4.78 is 42.9. The first-order chi connectivity index (χ1) is 12.9. The molecule has 0 saturated carbocycles. The molecule has 0 aliphatic rings. The molecule has 0 bridgehead atoms. The maximum absolute atomic E-state index is 12.5. The van der Waals surface area contributed by atoms with Crippen molar-refractivity contribution in [2.45, 2.75) is 12.9 Å². The second-order valence-electron chi connectivity index (χ2n) is 5.34. The normalized spacial score (nSPS) is 11.6. The van der Waals surface area contributed by atoms with E-state index in [1.165, 1.54) is 18.2 Å². The Morgan fingerprint density at radius 3 is 2.68 bits per heavy atom. The number of guanidine groups is 1. The zero-order valence-corrected chi connectivity index (χ0v) is 16.6. The molecule has 2 heterocycles. The van der Waals surface area contributed by atoms with Gasteiger partial charge in [0.25, 0.3) is 0 Å². The number of ether oxygens (including phenoxy) is 1. The van der Waals surface area contributed by atoms with E-state index in [4.69, 9.17) is 5.73 Å². The Hall–Kier alpha value is -2.83. The summed E-state index contributed by atoms with van der Waals surface area (Å²) in [6, 6.07) is 10.9. The Morgan fingerprint density at radius 2 is 1.96 bits per heavy atom. The van der Waals surface area contributed by atoms with Crippen molar-refractivity contribution in [1.29, 1.82) is 0 Å². The topological polar surface area (TPSA) is 90.4 Å². The first-order valence-corrected chi connectivity index (χ1v) is 7.77. The summed E-state index contributed by atoms with van der Waals surface area (Å²) in [5, 5.41) is 6.71. The second kappa shape index (κ2) is 9.39. The van der Waals surface area contributed by atoms with E-state index in [1.807, 2.05) is 0 Å². The van der Waals surface area contributed by atoms with Gasteiger partial charge in [0.05, 0.1) is 12.2 Å². The Kier molecular flexibility index (Phi) is 7.20. The number of para-hydroxylation sites is 2. The Bertz CT molecular complexity index is 931. The zero-order valence-electron chi connectivity index (χ0n) is 14.3. The van der Waals surface area contributed by atoms with Gasteiger partial charge in [-0.1, -0.05) is 12.1 Å². The van der Waals surface area contributed by atoms with Crippen LogP contribution in [0.25, 0.3) is 5.82 Å². The van der Waals surface area contributed by atoms with E-state index in [9.17, 15) is 13.2 Å². The molecule has 3 rings (SSSR count). The number of rotatable bonds is 5. The molecule has 0 radical (unpaired) electrons. The molecule has 0 spiro atoms. The number of pyridine rings is 1. The van der Waals surface area contributed by atoms with Crippen LogP contribution in [0.4, 0.5) is 18.9 Å². The van der Waals surface area contributed by atoms with Crippen molar-refractivity contribution in [2.75, 3.05) is 5.32 Å². The average molecular weight is 504 g/mol. The van der Waals surface area contributed by atoms with E-state index in [2.05, 4.69) is 25.1 Å². The van der Waals surface area contributed by atoms with Gasteiger partial charge in [-0.2, -0.15) is 5.10 Å². The van der Waals surface area contributed by atoms with Crippen molar-refractivity contribution in [1.82, 2.24) is 14.8 Å². The molecular weight excluding hydrogens is 488 g/mol. The highest BCUT2D eigenvalue weighted by molar-refractivity contribution is 14.0. The van der Waals surface area contributed by atoms with Gasteiger partial charge in [0, 0.05) is 18.6 Å². The summed E-state index contributed by atoms with van der Waals surface area (Å²) in [6.45, 7) is 0.206. The Labute approximate surface area is 175 Å². The maximum Gasteiger partial charge on any atom is 0.573 e. The molecule has 0 aliphatic heterocycles. The van der Waals surface area contributed by atoms with Crippen molar-refractivity contribution in [3.05, 3.63) is 66.6 Å². The Balaban J connectivity index is 0.00000280. The minimum Gasteiger partial charge on any atom is -0.404 e. The van der Waals surface area contributed by atoms with Gasteiger partial charge < -0.3 is 15.8 Å². The minimum absolute atomic E-state index is 0. The van der Waals surface area contributed by atoms with E-state index >= 15 is 0 Å². The van der Waals surface area contributed by atoms with Crippen LogP contribution in [-0.4, -0.2) is 27.1 Å². The van der Waals surface area contributed by atoms with Gasteiger partial charge in [-0.15, -0.1) is 37.1 Å². The Morgan fingerprint density at radius 1 is 1.18 bits per heavy atom. The summed E-state index contributed by atoms with van der Waals surface area (Å²) in [4.78, 5) is 8.34. The molecule has 3 aromatic rings. The molecule has 11 heteroatoms. The molecule has 28 heavy (non-hydrogen) atoms. The van der Waals surface area contributed by atoms with Crippen LogP contribution in [0.1, 0.15) is 5.56 Å². The van der Waals surface area contributed by atoms with Crippen molar-refractivity contribution in [3.8, 4) is 11.6 Å². The molecule has 0 atom stereocenters. The molecule has 0 saturated heterocycles. The van der Waals surface area contributed by atoms with Crippen LogP contribution in [0.15, 0.2) is 66.0 Å². The highest BCUT2D eigenvalue weighted by atomic mass is 127. The number of anilines is 1. The van der Waals surface area contributed by atoms with Gasteiger partial charge in [-0.3, -0.25) is 0 Å². The van der Waals surface area contributed by atoms with E-state index in [0.717, 1.165) is 5.56 Å². The smallest absolute Gasteiger partial charge is 0.404 e. The summed E-state index contributed by atoms with van der Waals surface area (Å²) in [5.41, 5.74) is 6.65. The monoisotopic (exact) mass is 504 g/mol. The van der Waals surface area contributed by atoms with E-state index in [1.54, 1.807) is 47.5 Å². The standard InChI is InChI=1S/C17H15F3N6O.HI/c18-17(19,20)27-14-5-2-1-4-13(14)25-16(21)23-11-12-6-8-22-15(10-12)26-9-3-7-24-26;/h1-10H,11H2,(H3,21,23,25);1H. The van der Waals surface area contributed by atoms with Gasteiger partial charge in [-0.25, -0.2) is 14.7 Å². The first kappa shape index (κ1) is 21.5. The molecule has 148 valence electrons. The third-order valence-corrected chi connectivity index (χ3v) is 3.36. The molecule has 1 aromatic carbocycles. The predicted octanol–water partition coefficient (Wildman–Crippen LogP) is 3.71. The molecule has 0 amide bonds. The summed E-state index contributed by atoms with van der Waals surface area (Å²) in [6.07, 6.45) is 0.194. The molecule has 3 N–H and O–H groups in total. The lowest BCUT2D eigenvalue weighted by molar-refractivity contribution is -0.274. The number of hydrogen-bond acceptors (Lipinski definition) is 4. The van der Waals surface area contributed by atoms with E-state index in [-0.39, 0.29) is 42.2 Å². The number of halogens is 4. The minimum atomic E-state index is -4.80. The maximum atomic E-state index is 12.5. The van der Waals surface area contributed by atoms with Crippen LogP contribution in [0.5, 0.6) is 5.75 Å². The van der Waals surface area contributed by atoms with E-state index < -0.39 is 12.1 Å². The van der Waals surface area contributed by atoms with Gasteiger partial charge >= 0.3 is 6.36 Å². The van der Waals surface area contributed by atoms with Gasteiger partial charge in [0.1, 0.15) is 0 Å². The SMILES string of the molecule is I.NC(=NCc1ccnc(-n2cccn2)c1)Nc1ccccc1OC(F)(F)F. The quantitative estimate of drug-likeness (QED) is 0.314. The number of aromatic nitrogens is 3. The van der Waals surface area contributed by atoms with Crippen molar-refractivity contribution >= 4 is 35.6 Å². The number of benzene rings is 1. The first-order valence-electron chi connectivity index (χ1n) is 7.77. The zero-order chi connectivity index (χ0) is 19.3. The van der Waals surface area contributed by atoms with Crippen LogP contribution >= 0.6 is 24.0 Å².